The molecule has 2 aromatic carbocycles. The molecule has 0 spiro atoms. The third-order valence-corrected chi connectivity index (χ3v) is 3.42. The molecule has 0 aromatic heterocycles. The molecule has 4 heteroatoms. The molecule has 0 saturated carbocycles. The van der Waals surface area contributed by atoms with Crippen molar-refractivity contribution in [3.63, 3.8) is 0 Å². The average Bonchev–Trinajstić information content (AvgIpc) is 2.53. The number of benzene rings is 2. The minimum absolute atomic E-state index is 0.0473. The van der Waals surface area contributed by atoms with Gasteiger partial charge in [0.25, 0.3) is 0 Å². The standard InChI is InChI=1S/C17H21NO3/c1-21-16-8-7-14(17(20)10-16)11-18-15(12-19)9-13-5-3-2-4-6-13/h2-8,10,15,18-20H,9,11-12H2,1H3. The van der Waals surface area contributed by atoms with Gasteiger partial charge in [0, 0.05) is 24.2 Å². The molecule has 0 fully saturated rings. The predicted molar refractivity (Wildman–Crippen MR) is 82.5 cm³/mol. The summed E-state index contributed by atoms with van der Waals surface area (Å²) in [5, 5.41) is 22.6. The molecule has 2 aromatic rings. The molecule has 4 nitrogen and oxygen atoms in total. The fraction of sp³-hybridized carbons (Fsp3) is 0.294. The maximum atomic E-state index is 9.92. The molecule has 0 aliphatic rings. The highest BCUT2D eigenvalue weighted by Gasteiger charge is 2.10. The van der Waals surface area contributed by atoms with Crippen molar-refractivity contribution < 1.29 is 14.9 Å². The van der Waals surface area contributed by atoms with Crippen molar-refractivity contribution in [2.24, 2.45) is 0 Å². The van der Waals surface area contributed by atoms with Crippen LogP contribution in [-0.4, -0.2) is 30.0 Å². The van der Waals surface area contributed by atoms with E-state index in [1.165, 1.54) is 5.56 Å². The Balaban J connectivity index is 1.94. The van der Waals surface area contributed by atoms with Crippen LogP contribution in [0, 0.1) is 0 Å². The van der Waals surface area contributed by atoms with E-state index < -0.39 is 0 Å². The first-order valence-corrected chi connectivity index (χ1v) is 6.97. The summed E-state index contributed by atoms with van der Waals surface area (Å²) in [5.74, 6) is 0.817. The summed E-state index contributed by atoms with van der Waals surface area (Å²) in [5.41, 5.74) is 1.95. The largest absolute Gasteiger partial charge is 0.507 e. The topological polar surface area (TPSA) is 61.7 Å². The number of phenols is 1. The van der Waals surface area contributed by atoms with Crippen LogP contribution in [0.3, 0.4) is 0 Å². The number of hydrogen-bond donors (Lipinski definition) is 3. The number of ether oxygens (including phenoxy) is 1. The zero-order valence-electron chi connectivity index (χ0n) is 12.1. The van der Waals surface area contributed by atoms with Gasteiger partial charge < -0.3 is 20.3 Å². The SMILES string of the molecule is COc1ccc(CNC(CO)Cc2ccccc2)c(O)c1. The summed E-state index contributed by atoms with van der Waals surface area (Å²) in [7, 11) is 1.56. The highest BCUT2D eigenvalue weighted by molar-refractivity contribution is 5.39. The number of rotatable bonds is 7. The first kappa shape index (κ1) is 15.4. The minimum Gasteiger partial charge on any atom is -0.507 e. The van der Waals surface area contributed by atoms with Crippen molar-refractivity contribution in [2.75, 3.05) is 13.7 Å². The van der Waals surface area contributed by atoms with Crippen molar-refractivity contribution in [3.8, 4) is 11.5 Å². The molecule has 0 aliphatic carbocycles. The molecule has 1 atom stereocenters. The van der Waals surface area contributed by atoms with Gasteiger partial charge in [0.2, 0.25) is 0 Å². The van der Waals surface area contributed by atoms with Gasteiger partial charge >= 0.3 is 0 Å². The van der Waals surface area contributed by atoms with Gasteiger partial charge in [-0.3, -0.25) is 0 Å². The van der Waals surface area contributed by atoms with Crippen molar-refractivity contribution in [3.05, 3.63) is 59.7 Å². The van der Waals surface area contributed by atoms with Crippen molar-refractivity contribution >= 4 is 0 Å². The zero-order valence-corrected chi connectivity index (χ0v) is 12.1. The molecule has 0 amide bonds. The number of hydrogen-bond acceptors (Lipinski definition) is 4. The number of aliphatic hydroxyl groups is 1. The second-order valence-electron chi connectivity index (χ2n) is 4.94. The van der Waals surface area contributed by atoms with Gasteiger partial charge in [0.05, 0.1) is 13.7 Å². The Labute approximate surface area is 125 Å². The highest BCUT2D eigenvalue weighted by Crippen LogP contribution is 2.23. The maximum absolute atomic E-state index is 9.92. The number of methoxy groups -OCH3 is 1. The van der Waals surface area contributed by atoms with Gasteiger partial charge in [-0.05, 0) is 18.1 Å². The van der Waals surface area contributed by atoms with E-state index in [9.17, 15) is 10.2 Å². The van der Waals surface area contributed by atoms with Crippen LogP contribution < -0.4 is 10.1 Å². The Kier molecular flexibility index (Phi) is 5.60. The predicted octanol–water partition coefficient (Wildman–Crippen LogP) is 2.09. The molecular weight excluding hydrogens is 266 g/mol. The molecule has 112 valence electrons. The van der Waals surface area contributed by atoms with Gasteiger partial charge in [-0.1, -0.05) is 36.4 Å². The van der Waals surface area contributed by atoms with E-state index in [0.29, 0.717) is 12.3 Å². The lowest BCUT2D eigenvalue weighted by Crippen LogP contribution is -2.34. The van der Waals surface area contributed by atoms with Crippen molar-refractivity contribution in [2.45, 2.75) is 19.0 Å². The van der Waals surface area contributed by atoms with Gasteiger partial charge in [-0.15, -0.1) is 0 Å². The molecule has 1 unspecified atom stereocenters. The first-order chi connectivity index (χ1) is 10.2. The normalized spacial score (nSPS) is 12.1. The Morgan fingerprint density at radius 3 is 2.52 bits per heavy atom. The first-order valence-electron chi connectivity index (χ1n) is 6.97. The zero-order chi connectivity index (χ0) is 15.1. The van der Waals surface area contributed by atoms with Crippen LogP contribution in [0.25, 0.3) is 0 Å². The van der Waals surface area contributed by atoms with Crippen LogP contribution in [0.5, 0.6) is 11.5 Å². The maximum Gasteiger partial charge on any atom is 0.123 e. The molecule has 21 heavy (non-hydrogen) atoms. The second-order valence-corrected chi connectivity index (χ2v) is 4.94. The molecule has 3 N–H and O–H groups in total. The molecule has 0 aliphatic heterocycles. The highest BCUT2D eigenvalue weighted by atomic mass is 16.5. The van der Waals surface area contributed by atoms with E-state index in [1.54, 1.807) is 13.2 Å². The van der Waals surface area contributed by atoms with E-state index in [2.05, 4.69) is 5.32 Å². The molecule has 2 rings (SSSR count). The Bertz CT molecular complexity index is 557. The molecule has 0 radical (unpaired) electrons. The lowest BCUT2D eigenvalue weighted by molar-refractivity contribution is 0.240. The van der Waals surface area contributed by atoms with Gasteiger partial charge in [0.1, 0.15) is 11.5 Å². The lowest BCUT2D eigenvalue weighted by Gasteiger charge is -2.17. The third-order valence-electron chi connectivity index (χ3n) is 3.42. The summed E-state index contributed by atoms with van der Waals surface area (Å²) < 4.78 is 5.06. The Hall–Kier alpha value is -2.04. The fourth-order valence-electron chi connectivity index (χ4n) is 2.17. The van der Waals surface area contributed by atoms with Gasteiger partial charge in [-0.25, -0.2) is 0 Å². The van der Waals surface area contributed by atoms with Crippen LogP contribution in [0.4, 0.5) is 0 Å². The van der Waals surface area contributed by atoms with E-state index in [1.807, 2.05) is 42.5 Å². The van der Waals surface area contributed by atoms with Crippen LogP contribution >= 0.6 is 0 Å². The van der Waals surface area contributed by atoms with Crippen LogP contribution in [-0.2, 0) is 13.0 Å². The summed E-state index contributed by atoms with van der Waals surface area (Å²) in [6.07, 6.45) is 0.744. The quantitative estimate of drug-likeness (QED) is 0.730. The van der Waals surface area contributed by atoms with Crippen LogP contribution in [0.15, 0.2) is 48.5 Å². The minimum atomic E-state index is -0.0473. The third kappa shape index (κ3) is 4.48. The average molecular weight is 287 g/mol. The molecule has 0 heterocycles. The van der Waals surface area contributed by atoms with Gasteiger partial charge in [0.15, 0.2) is 0 Å². The van der Waals surface area contributed by atoms with Gasteiger partial charge in [-0.2, -0.15) is 0 Å². The Morgan fingerprint density at radius 1 is 1.14 bits per heavy atom. The van der Waals surface area contributed by atoms with Crippen LogP contribution in [0.1, 0.15) is 11.1 Å². The van der Waals surface area contributed by atoms with Crippen molar-refractivity contribution in [1.82, 2.24) is 5.32 Å². The summed E-state index contributed by atoms with van der Waals surface area (Å²) in [4.78, 5) is 0. The number of aromatic hydroxyl groups is 1. The van der Waals surface area contributed by atoms with E-state index >= 15 is 0 Å². The van der Waals surface area contributed by atoms with Crippen LogP contribution in [0.2, 0.25) is 0 Å². The fourth-order valence-corrected chi connectivity index (χ4v) is 2.17. The number of nitrogens with one attached hydrogen (secondary N) is 1. The van der Waals surface area contributed by atoms with Crippen molar-refractivity contribution in [1.29, 1.82) is 0 Å². The molecular formula is C17H21NO3. The lowest BCUT2D eigenvalue weighted by atomic mass is 10.1. The van der Waals surface area contributed by atoms with E-state index in [4.69, 9.17) is 4.74 Å². The number of aliphatic hydroxyl groups excluding tert-OH is 1. The summed E-state index contributed by atoms with van der Waals surface area (Å²) >= 11 is 0. The summed E-state index contributed by atoms with van der Waals surface area (Å²) in [6, 6.07) is 15.2. The molecule has 0 bridgehead atoms. The van der Waals surface area contributed by atoms with E-state index in [0.717, 1.165) is 12.0 Å². The monoisotopic (exact) mass is 287 g/mol. The number of phenolic OH excluding ortho intramolecular Hbond substituents is 1. The smallest absolute Gasteiger partial charge is 0.123 e. The van der Waals surface area contributed by atoms with E-state index in [-0.39, 0.29) is 18.4 Å². The molecule has 0 saturated heterocycles. The second kappa shape index (κ2) is 7.67. The summed E-state index contributed by atoms with van der Waals surface area (Å²) in [6.45, 7) is 0.541. The Morgan fingerprint density at radius 2 is 1.90 bits per heavy atom.